The minimum absolute atomic E-state index is 0.111. The van der Waals surface area contributed by atoms with Crippen LogP contribution in [-0.4, -0.2) is 57.3 Å². The van der Waals surface area contributed by atoms with Crippen molar-refractivity contribution in [2.45, 2.75) is 51.2 Å². The average Bonchev–Trinajstić information content (AvgIpc) is 3.51. The number of hydrogen-bond donors (Lipinski definition) is 0. The van der Waals surface area contributed by atoms with Crippen LogP contribution in [0.5, 0.6) is 5.19 Å². The summed E-state index contributed by atoms with van der Waals surface area (Å²) in [5.74, 6) is 0.696. The summed E-state index contributed by atoms with van der Waals surface area (Å²) in [6.45, 7) is 1.20. The fourth-order valence-corrected chi connectivity index (χ4v) is 5.88. The van der Waals surface area contributed by atoms with Crippen molar-refractivity contribution in [3.63, 3.8) is 0 Å². The van der Waals surface area contributed by atoms with Crippen molar-refractivity contribution in [1.82, 2.24) is 19.3 Å². The van der Waals surface area contributed by atoms with E-state index in [1.54, 1.807) is 22.9 Å². The third-order valence-electron chi connectivity index (χ3n) is 6.94. The molecule has 1 fully saturated rings. The Morgan fingerprint density at radius 1 is 1.25 bits per heavy atom. The number of alkyl halides is 3. The first-order chi connectivity index (χ1) is 17.3. The summed E-state index contributed by atoms with van der Waals surface area (Å²) in [5.41, 5.74) is 2.09. The maximum Gasteiger partial charge on any atom is 0.422 e. The molecule has 3 aromatic rings. The molecule has 0 atom stereocenters. The fourth-order valence-electron chi connectivity index (χ4n) is 4.98. The fraction of sp³-hybridized carbons (Fsp3) is 0.520. The van der Waals surface area contributed by atoms with Gasteiger partial charge in [-0.2, -0.15) is 13.2 Å². The first-order valence-electron chi connectivity index (χ1n) is 12.2. The van der Waals surface area contributed by atoms with Crippen molar-refractivity contribution in [2.75, 3.05) is 19.7 Å². The number of rotatable bonds is 7. The van der Waals surface area contributed by atoms with Crippen LogP contribution >= 0.6 is 11.3 Å². The van der Waals surface area contributed by atoms with E-state index in [-0.39, 0.29) is 11.1 Å². The number of aliphatic imine (C=N–C) groups is 1. The van der Waals surface area contributed by atoms with Crippen LogP contribution in [0, 0.1) is 11.8 Å². The van der Waals surface area contributed by atoms with Gasteiger partial charge >= 0.3 is 6.18 Å². The molecular formula is C25H28F3N5O2S. The molecule has 2 aliphatic rings. The molecule has 11 heteroatoms. The maximum absolute atomic E-state index is 12.6. The number of amides is 1. The van der Waals surface area contributed by atoms with Gasteiger partial charge in [0, 0.05) is 36.6 Å². The Labute approximate surface area is 211 Å². The van der Waals surface area contributed by atoms with E-state index in [0.717, 1.165) is 67.8 Å². The molecule has 1 saturated carbocycles. The first kappa shape index (κ1) is 24.9. The van der Waals surface area contributed by atoms with Gasteiger partial charge in [-0.1, -0.05) is 17.4 Å². The molecule has 0 N–H and O–H groups in total. The highest BCUT2D eigenvalue weighted by molar-refractivity contribution is 7.13. The minimum atomic E-state index is -4.35. The van der Waals surface area contributed by atoms with Crippen LogP contribution in [0.2, 0.25) is 0 Å². The van der Waals surface area contributed by atoms with E-state index in [9.17, 15) is 18.0 Å². The first-order valence-corrected chi connectivity index (χ1v) is 13.1. The summed E-state index contributed by atoms with van der Waals surface area (Å²) < 4.78 is 43.8. The highest BCUT2D eigenvalue weighted by Gasteiger charge is 2.30. The van der Waals surface area contributed by atoms with E-state index in [1.807, 2.05) is 18.3 Å². The molecule has 0 spiro atoms. The van der Waals surface area contributed by atoms with Crippen LogP contribution in [0.25, 0.3) is 5.65 Å². The Hall–Kier alpha value is -2.79. The molecule has 0 saturated heterocycles. The normalized spacial score (nSPS) is 21.2. The molecule has 36 heavy (non-hydrogen) atoms. The Morgan fingerprint density at radius 2 is 2.08 bits per heavy atom. The van der Waals surface area contributed by atoms with Crippen molar-refractivity contribution in [3.05, 3.63) is 46.9 Å². The minimum Gasteiger partial charge on any atom is -0.460 e. The monoisotopic (exact) mass is 519 g/mol. The molecule has 1 aliphatic heterocycles. The number of aromatic nitrogens is 3. The number of carbonyl (C=O) groups excluding carboxylic acids is 1. The lowest BCUT2D eigenvalue weighted by Gasteiger charge is -2.30. The van der Waals surface area contributed by atoms with E-state index < -0.39 is 12.8 Å². The number of hydrogen-bond acceptors (Lipinski definition) is 6. The molecular weight excluding hydrogens is 491 g/mol. The number of pyridine rings is 1. The van der Waals surface area contributed by atoms with E-state index >= 15 is 0 Å². The van der Waals surface area contributed by atoms with Gasteiger partial charge < -0.3 is 4.74 Å². The summed E-state index contributed by atoms with van der Waals surface area (Å²) in [6.07, 6.45) is 7.03. The standard InChI is InChI=1S/C25H28F3N5O2S/c26-25(27,28)16-35-24-31-19-15-32(12-9-21(19)36-24)11-8-17-4-6-18(7-5-17)14-30-23(34)20-2-1-3-22-29-10-13-33(20)22/h1-3,10,13-14,17-18H,4-9,11-12,15-16H2. The lowest BCUT2D eigenvalue weighted by atomic mass is 9.81. The molecule has 1 aliphatic carbocycles. The Morgan fingerprint density at radius 3 is 2.89 bits per heavy atom. The second-order valence-corrected chi connectivity index (χ2v) is 10.5. The second-order valence-electron chi connectivity index (χ2n) is 9.50. The van der Waals surface area contributed by atoms with Crippen LogP contribution in [0.4, 0.5) is 13.2 Å². The van der Waals surface area contributed by atoms with Gasteiger partial charge in [0.05, 0.1) is 5.69 Å². The van der Waals surface area contributed by atoms with Crippen LogP contribution < -0.4 is 4.74 Å². The molecule has 0 bridgehead atoms. The molecule has 1 amide bonds. The molecule has 192 valence electrons. The van der Waals surface area contributed by atoms with Crippen molar-refractivity contribution < 1.29 is 22.7 Å². The van der Waals surface area contributed by atoms with Gasteiger partial charge in [0.25, 0.3) is 11.1 Å². The predicted molar refractivity (Wildman–Crippen MR) is 131 cm³/mol. The van der Waals surface area contributed by atoms with E-state index in [0.29, 0.717) is 24.1 Å². The summed E-state index contributed by atoms with van der Waals surface area (Å²) in [7, 11) is 0. The average molecular weight is 520 g/mol. The Balaban J connectivity index is 1.05. The van der Waals surface area contributed by atoms with Gasteiger partial charge in [-0.25, -0.2) is 15.0 Å². The van der Waals surface area contributed by atoms with E-state index in [2.05, 4.69) is 19.9 Å². The predicted octanol–water partition coefficient (Wildman–Crippen LogP) is 5.20. The largest absolute Gasteiger partial charge is 0.460 e. The number of nitrogens with zero attached hydrogens (tertiary/aromatic N) is 5. The Bertz CT molecular complexity index is 1230. The molecule has 3 aromatic heterocycles. The molecule has 0 radical (unpaired) electrons. The summed E-state index contributed by atoms with van der Waals surface area (Å²) in [5, 5.41) is 0.111. The third-order valence-corrected chi connectivity index (χ3v) is 8.01. The zero-order chi connectivity index (χ0) is 25.1. The smallest absolute Gasteiger partial charge is 0.422 e. The number of thiazole rings is 1. The maximum atomic E-state index is 12.6. The number of halogens is 3. The second kappa shape index (κ2) is 10.7. The molecule has 4 heterocycles. The van der Waals surface area contributed by atoms with E-state index in [4.69, 9.17) is 4.74 Å². The molecule has 7 nitrogen and oxygen atoms in total. The summed E-state index contributed by atoms with van der Waals surface area (Å²) in [4.78, 5) is 28.7. The zero-order valence-corrected chi connectivity index (χ0v) is 20.6. The SMILES string of the molecule is O=C(N=CC1CCC(CCN2CCc3sc(OCC(F)(F)F)nc3C2)CC1)c1cccc2nccn12. The number of ether oxygens (including phenoxy) is 1. The summed E-state index contributed by atoms with van der Waals surface area (Å²) >= 11 is 1.23. The number of fused-ring (bicyclic) bond motifs is 2. The van der Waals surface area contributed by atoms with E-state index in [1.165, 1.54) is 11.3 Å². The van der Waals surface area contributed by atoms with Gasteiger partial charge in [0.15, 0.2) is 6.61 Å². The highest BCUT2D eigenvalue weighted by Crippen LogP contribution is 2.33. The van der Waals surface area contributed by atoms with Crippen LogP contribution in [-0.2, 0) is 13.0 Å². The lowest BCUT2D eigenvalue weighted by molar-refractivity contribution is -0.153. The topological polar surface area (TPSA) is 72.1 Å². The Kier molecular flexibility index (Phi) is 7.38. The zero-order valence-electron chi connectivity index (χ0n) is 19.8. The third kappa shape index (κ3) is 6.12. The highest BCUT2D eigenvalue weighted by atomic mass is 32.1. The van der Waals surface area contributed by atoms with Crippen molar-refractivity contribution in [3.8, 4) is 5.19 Å². The van der Waals surface area contributed by atoms with Gasteiger partial charge in [-0.05, 0) is 69.0 Å². The van der Waals surface area contributed by atoms with Crippen molar-refractivity contribution in [2.24, 2.45) is 16.8 Å². The van der Waals surface area contributed by atoms with Crippen molar-refractivity contribution >= 4 is 29.1 Å². The quantitative estimate of drug-likeness (QED) is 0.402. The number of carbonyl (C=O) groups is 1. The van der Waals surface area contributed by atoms with Gasteiger partial charge in [-0.15, -0.1) is 0 Å². The van der Waals surface area contributed by atoms with Gasteiger partial charge in [0.2, 0.25) is 0 Å². The van der Waals surface area contributed by atoms with Gasteiger partial charge in [-0.3, -0.25) is 14.1 Å². The molecule has 5 rings (SSSR count). The lowest BCUT2D eigenvalue weighted by Crippen LogP contribution is -2.32. The van der Waals surface area contributed by atoms with Crippen LogP contribution in [0.3, 0.4) is 0 Å². The van der Waals surface area contributed by atoms with Gasteiger partial charge in [0.1, 0.15) is 11.3 Å². The van der Waals surface area contributed by atoms with Crippen LogP contribution in [0.1, 0.15) is 53.2 Å². The van der Waals surface area contributed by atoms with Crippen molar-refractivity contribution in [1.29, 1.82) is 0 Å². The molecule has 0 unspecified atom stereocenters. The number of imidazole rings is 1. The molecule has 0 aromatic carbocycles. The van der Waals surface area contributed by atoms with Crippen LogP contribution in [0.15, 0.2) is 35.6 Å². The summed E-state index contributed by atoms with van der Waals surface area (Å²) in [6, 6.07) is 5.43.